The summed E-state index contributed by atoms with van der Waals surface area (Å²) >= 11 is 0. The Morgan fingerprint density at radius 1 is 1.43 bits per heavy atom. The Labute approximate surface area is 80.3 Å². The Morgan fingerprint density at radius 2 is 2.00 bits per heavy atom. The van der Waals surface area contributed by atoms with Gasteiger partial charge in [0, 0.05) is 0 Å². The fourth-order valence-corrected chi connectivity index (χ4v) is 1.34. The molecule has 78 valence electrons. The first-order valence-electron chi connectivity index (χ1n) is 4.00. The maximum absolute atomic E-state index is 11.5. The maximum atomic E-state index is 11.5. The normalized spacial score (nSPS) is 20.5. The Balaban J connectivity index is 3.02. The highest BCUT2D eigenvalue weighted by Crippen LogP contribution is 2.26. The van der Waals surface area contributed by atoms with E-state index < -0.39 is 30.9 Å². The van der Waals surface area contributed by atoms with Crippen LogP contribution in [0.4, 0.5) is 4.79 Å². The summed E-state index contributed by atoms with van der Waals surface area (Å²) in [6.45, 7) is 1.91. The molecule has 0 aliphatic carbocycles. The number of imide groups is 1. The van der Waals surface area contributed by atoms with Gasteiger partial charge in [-0.05, 0) is 19.0 Å². The van der Waals surface area contributed by atoms with Crippen molar-refractivity contribution in [3.05, 3.63) is 4.91 Å². The number of hydrogen-bond acceptors (Lipinski definition) is 5. The van der Waals surface area contributed by atoms with Crippen LogP contribution in [0.5, 0.6) is 0 Å². The van der Waals surface area contributed by atoms with Crippen LogP contribution in [0.15, 0.2) is 5.18 Å². The molecule has 3 amide bonds. The second kappa shape index (κ2) is 3.33. The van der Waals surface area contributed by atoms with Crippen molar-refractivity contribution < 1.29 is 14.7 Å². The highest BCUT2D eigenvalue weighted by molar-refractivity contribution is 6.06. The molecule has 1 fully saturated rings. The molecule has 0 spiro atoms. The zero-order chi connectivity index (χ0) is 10.9. The van der Waals surface area contributed by atoms with E-state index in [9.17, 15) is 14.5 Å². The molecule has 0 bridgehead atoms. The van der Waals surface area contributed by atoms with E-state index in [0.717, 1.165) is 4.90 Å². The molecule has 1 aliphatic heterocycles. The van der Waals surface area contributed by atoms with E-state index in [-0.39, 0.29) is 0 Å². The van der Waals surface area contributed by atoms with Gasteiger partial charge in [0.1, 0.15) is 12.3 Å². The van der Waals surface area contributed by atoms with Crippen molar-refractivity contribution in [1.29, 1.82) is 0 Å². The fourth-order valence-electron chi connectivity index (χ4n) is 1.34. The largest absolute Gasteiger partial charge is 0.376 e. The molecule has 0 aromatic carbocycles. The number of aliphatic hydroxyl groups is 1. The predicted octanol–water partition coefficient (Wildman–Crippen LogP) is -0.297. The van der Waals surface area contributed by atoms with Crippen LogP contribution in [0.2, 0.25) is 0 Å². The van der Waals surface area contributed by atoms with Gasteiger partial charge in [-0.3, -0.25) is 9.69 Å². The minimum absolute atomic E-state index is 0.395. The standard InChI is InChI=1S/C7H11N3O4/c1-7(2)5(12)9(4-11)6(13)10(7)3-8-14/h11H,3-4H2,1-2H3. The van der Waals surface area contributed by atoms with E-state index >= 15 is 0 Å². The number of carbonyl (C=O) groups is 2. The van der Waals surface area contributed by atoms with Gasteiger partial charge in [0.15, 0.2) is 6.67 Å². The number of nitrogens with zero attached hydrogens (tertiary/aromatic N) is 3. The van der Waals surface area contributed by atoms with Crippen molar-refractivity contribution in [2.24, 2.45) is 5.18 Å². The van der Waals surface area contributed by atoms with Crippen LogP contribution in [0, 0.1) is 4.91 Å². The number of carbonyl (C=O) groups excluding carboxylic acids is 2. The second-order valence-corrected chi connectivity index (χ2v) is 3.41. The first-order chi connectivity index (χ1) is 6.46. The van der Waals surface area contributed by atoms with Crippen LogP contribution in [-0.4, -0.2) is 45.8 Å². The highest BCUT2D eigenvalue weighted by Gasteiger charge is 2.51. The summed E-state index contributed by atoms with van der Waals surface area (Å²) in [5, 5.41) is 11.3. The Bertz CT molecular complexity index is 289. The third kappa shape index (κ3) is 1.25. The fraction of sp³-hybridized carbons (Fsp3) is 0.714. The van der Waals surface area contributed by atoms with Gasteiger partial charge in [-0.1, -0.05) is 0 Å². The first kappa shape index (κ1) is 10.6. The number of rotatable bonds is 3. The van der Waals surface area contributed by atoms with Crippen molar-refractivity contribution in [3.63, 3.8) is 0 Å². The van der Waals surface area contributed by atoms with Gasteiger partial charge in [-0.15, -0.1) is 4.91 Å². The molecule has 1 saturated heterocycles. The van der Waals surface area contributed by atoms with Crippen molar-refractivity contribution in [2.75, 3.05) is 13.4 Å². The molecule has 1 N–H and O–H groups in total. The summed E-state index contributed by atoms with van der Waals surface area (Å²) in [6.07, 6.45) is 0. The van der Waals surface area contributed by atoms with Crippen molar-refractivity contribution in [2.45, 2.75) is 19.4 Å². The van der Waals surface area contributed by atoms with Gasteiger partial charge in [0.2, 0.25) is 0 Å². The van der Waals surface area contributed by atoms with Crippen molar-refractivity contribution >= 4 is 11.9 Å². The summed E-state index contributed by atoms with van der Waals surface area (Å²) < 4.78 is 0. The molecule has 1 rings (SSSR count). The topological polar surface area (TPSA) is 90.3 Å². The molecule has 1 heterocycles. The van der Waals surface area contributed by atoms with Gasteiger partial charge >= 0.3 is 6.03 Å². The van der Waals surface area contributed by atoms with Gasteiger partial charge in [0.05, 0.1) is 0 Å². The quantitative estimate of drug-likeness (QED) is 0.501. The third-order valence-electron chi connectivity index (χ3n) is 2.25. The monoisotopic (exact) mass is 201 g/mol. The van der Waals surface area contributed by atoms with Crippen LogP contribution in [0.3, 0.4) is 0 Å². The van der Waals surface area contributed by atoms with Crippen molar-refractivity contribution in [3.8, 4) is 0 Å². The summed E-state index contributed by atoms with van der Waals surface area (Å²) in [6, 6.07) is -0.693. The number of aliphatic hydroxyl groups excluding tert-OH is 1. The average Bonchev–Trinajstić information content (AvgIpc) is 2.28. The molecular formula is C7H11N3O4. The van der Waals surface area contributed by atoms with E-state index in [1.807, 2.05) is 0 Å². The molecule has 0 atom stereocenters. The SMILES string of the molecule is CC1(C)C(=O)N(CO)C(=O)N1CN=O. The predicted molar refractivity (Wildman–Crippen MR) is 45.9 cm³/mol. The molecule has 7 heteroatoms. The van der Waals surface area contributed by atoms with Crippen LogP contribution >= 0.6 is 0 Å². The summed E-state index contributed by atoms with van der Waals surface area (Å²) in [7, 11) is 0. The van der Waals surface area contributed by atoms with Crippen LogP contribution in [-0.2, 0) is 4.79 Å². The molecular weight excluding hydrogens is 190 g/mol. The Hall–Kier alpha value is -1.50. The molecule has 0 unspecified atom stereocenters. The minimum Gasteiger partial charge on any atom is -0.376 e. The first-order valence-corrected chi connectivity index (χ1v) is 4.00. The summed E-state index contributed by atoms with van der Waals surface area (Å²) in [5.74, 6) is -0.534. The molecule has 0 aromatic heterocycles. The molecule has 7 nitrogen and oxygen atoms in total. The molecule has 0 aromatic rings. The van der Waals surface area contributed by atoms with Gasteiger partial charge in [0.25, 0.3) is 5.91 Å². The highest BCUT2D eigenvalue weighted by atomic mass is 16.3. The lowest BCUT2D eigenvalue weighted by molar-refractivity contribution is -0.134. The molecule has 1 aliphatic rings. The molecule has 0 radical (unpaired) electrons. The van der Waals surface area contributed by atoms with Gasteiger partial charge in [-0.25, -0.2) is 9.69 Å². The smallest absolute Gasteiger partial charge is 0.331 e. The van der Waals surface area contributed by atoms with E-state index in [2.05, 4.69) is 5.18 Å². The van der Waals surface area contributed by atoms with Gasteiger partial charge < -0.3 is 5.11 Å². The lowest BCUT2D eigenvalue weighted by Crippen LogP contribution is -2.44. The molecule has 0 saturated carbocycles. The zero-order valence-corrected chi connectivity index (χ0v) is 7.93. The van der Waals surface area contributed by atoms with Crippen LogP contribution < -0.4 is 0 Å². The van der Waals surface area contributed by atoms with Crippen LogP contribution in [0.1, 0.15) is 13.8 Å². The average molecular weight is 201 g/mol. The van der Waals surface area contributed by atoms with E-state index in [4.69, 9.17) is 5.11 Å². The third-order valence-corrected chi connectivity index (χ3v) is 2.25. The van der Waals surface area contributed by atoms with E-state index in [0.29, 0.717) is 4.90 Å². The van der Waals surface area contributed by atoms with Crippen molar-refractivity contribution in [1.82, 2.24) is 9.80 Å². The number of nitroso groups, excluding NO2 is 1. The maximum Gasteiger partial charge on any atom is 0.331 e. The number of amides is 3. The summed E-state index contributed by atoms with van der Waals surface area (Å²) in [5.41, 5.74) is -1.12. The summed E-state index contributed by atoms with van der Waals surface area (Å²) in [4.78, 5) is 34.7. The van der Waals surface area contributed by atoms with Gasteiger partial charge in [-0.2, -0.15) is 0 Å². The van der Waals surface area contributed by atoms with E-state index in [1.54, 1.807) is 0 Å². The number of urea groups is 1. The minimum atomic E-state index is -1.12. The zero-order valence-electron chi connectivity index (χ0n) is 7.93. The number of hydrogen-bond donors (Lipinski definition) is 1. The van der Waals surface area contributed by atoms with E-state index in [1.165, 1.54) is 13.8 Å². The van der Waals surface area contributed by atoms with Crippen LogP contribution in [0.25, 0.3) is 0 Å². The Morgan fingerprint density at radius 3 is 2.36 bits per heavy atom. The second-order valence-electron chi connectivity index (χ2n) is 3.41. The lowest BCUT2D eigenvalue weighted by Gasteiger charge is -2.24. The molecule has 14 heavy (non-hydrogen) atoms. The Kier molecular flexibility index (Phi) is 2.52. The lowest BCUT2D eigenvalue weighted by atomic mass is 10.1.